The van der Waals surface area contributed by atoms with E-state index >= 15 is 0 Å². The van der Waals surface area contributed by atoms with Crippen molar-refractivity contribution < 1.29 is 4.79 Å². The first kappa shape index (κ1) is 11.3. The molecule has 1 aromatic carbocycles. The molecule has 2 aromatic rings. The van der Waals surface area contributed by atoms with Gasteiger partial charge in [0.1, 0.15) is 12.1 Å². The normalized spacial score (nSPS) is 17.1. The standard InChI is InChI=1S/C13H11N5O/c1-18-7-9(6-15-18)12-13(19)17-11-8(5-14)3-2-4-10(11)16-12/h2-4,6-7,12,16H,1H3,(H,17,19). The smallest absolute Gasteiger partial charge is 0.251 e. The van der Waals surface area contributed by atoms with E-state index in [2.05, 4.69) is 21.8 Å². The molecular formula is C13H11N5O. The highest BCUT2D eigenvalue weighted by atomic mass is 16.2. The Balaban J connectivity index is 2.01. The van der Waals surface area contributed by atoms with Crippen molar-refractivity contribution in [2.45, 2.75) is 6.04 Å². The van der Waals surface area contributed by atoms with Crippen molar-refractivity contribution in [3.05, 3.63) is 41.7 Å². The van der Waals surface area contributed by atoms with Crippen LogP contribution in [0.3, 0.4) is 0 Å². The molecule has 6 heteroatoms. The molecule has 1 unspecified atom stereocenters. The summed E-state index contributed by atoms with van der Waals surface area (Å²) >= 11 is 0. The molecule has 1 amide bonds. The van der Waals surface area contributed by atoms with Crippen LogP contribution < -0.4 is 10.6 Å². The van der Waals surface area contributed by atoms with Gasteiger partial charge in [0.15, 0.2) is 0 Å². The van der Waals surface area contributed by atoms with Crippen molar-refractivity contribution >= 4 is 17.3 Å². The quantitative estimate of drug-likeness (QED) is 0.804. The van der Waals surface area contributed by atoms with E-state index in [-0.39, 0.29) is 5.91 Å². The van der Waals surface area contributed by atoms with Gasteiger partial charge in [-0.2, -0.15) is 10.4 Å². The van der Waals surface area contributed by atoms with Gasteiger partial charge in [-0.25, -0.2) is 0 Å². The third-order valence-electron chi connectivity index (χ3n) is 3.05. The SMILES string of the molecule is Cn1cc(C2Nc3cccc(C#N)c3NC2=O)cn1. The van der Waals surface area contributed by atoms with E-state index in [9.17, 15) is 4.79 Å². The average molecular weight is 253 g/mol. The average Bonchev–Trinajstić information content (AvgIpc) is 2.84. The first-order valence-electron chi connectivity index (χ1n) is 5.78. The highest BCUT2D eigenvalue weighted by molar-refractivity contribution is 6.04. The van der Waals surface area contributed by atoms with E-state index in [0.29, 0.717) is 11.3 Å². The van der Waals surface area contributed by atoms with Crippen LogP contribution in [0.1, 0.15) is 17.2 Å². The zero-order chi connectivity index (χ0) is 13.4. The maximum Gasteiger partial charge on any atom is 0.251 e. The van der Waals surface area contributed by atoms with Gasteiger partial charge in [-0.1, -0.05) is 6.07 Å². The summed E-state index contributed by atoms with van der Waals surface area (Å²) in [4.78, 5) is 12.1. The summed E-state index contributed by atoms with van der Waals surface area (Å²) in [5.41, 5.74) is 2.51. The van der Waals surface area contributed by atoms with Gasteiger partial charge in [-0.15, -0.1) is 0 Å². The molecule has 0 radical (unpaired) electrons. The van der Waals surface area contributed by atoms with Gasteiger partial charge >= 0.3 is 0 Å². The molecule has 19 heavy (non-hydrogen) atoms. The third-order valence-corrected chi connectivity index (χ3v) is 3.05. The third kappa shape index (κ3) is 1.81. The molecule has 1 aliphatic heterocycles. The lowest BCUT2D eigenvalue weighted by atomic mass is 10.0. The van der Waals surface area contributed by atoms with Gasteiger partial charge in [0.05, 0.1) is 23.1 Å². The number of hydrogen-bond donors (Lipinski definition) is 2. The van der Waals surface area contributed by atoms with Crippen molar-refractivity contribution in [3.8, 4) is 6.07 Å². The summed E-state index contributed by atoms with van der Waals surface area (Å²) in [6.07, 6.45) is 3.44. The number of aryl methyl sites for hydroxylation is 1. The summed E-state index contributed by atoms with van der Waals surface area (Å²) in [6, 6.07) is 6.86. The van der Waals surface area contributed by atoms with E-state index in [1.54, 1.807) is 36.3 Å². The van der Waals surface area contributed by atoms with Crippen LogP contribution in [0, 0.1) is 11.3 Å². The molecule has 2 N–H and O–H groups in total. The van der Waals surface area contributed by atoms with Crippen LogP contribution in [0.5, 0.6) is 0 Å². The van der Waals surface area contributed by atoms with Gasteiger partial charge in [-0.05, 0) is 12.1 Å². The van der Waals surface area contributed by atoms with Gasteiger partial charge in [0.2, 0.25) is 0 Å². The lowest BCUT2D eigenvalue weighted by Crippen LogP contribution is -2.32. The number of fused-ring (bicyclic) bond motifs is 1. The molecular weight excluding hydrogens is 242 g/mol. The van der Waals surface area contributed by atoms with Crippen LogP contribution in [0.15, 0.2) is 30.6 Å². The Labute approximate surface area is 109 Å². The lowest BCUT2D eigenvalue weighted by molar-refractivity contribution is -0.117. The number of nitrogens with zero attached hydrogens (tertiary/aromatic N) is 3. The Morgan fingerprint density at radius 3 is 3.00 bits per heavy atom. The van der Waals surface area contributed by atoms with Gasteiger partial charge < -0.3 is 10.6 Å². The van der Waals surface area contributed by atoms with Crippen molar-refractivity contribution in [1.82, 2.24) is 9.78 Å². The van der Waals surface area contributed by atoms with Gasteiger partial charge in [0, 0.05) is 18.8 Å². The zero-order valence-electron chi connectivity index (χ0n) is 10.2. The molecule has 0 spiro atoms. The second-order valence-electron chi connectivity index (χ2n) is 4.35. The molecule has 94 valence electrons. The monoisotopic (exact) mass is 253 g/mol. The lowest BCUT2D eigenvalue weighted by Gasteiger charge is -2.26. The number of rotatable bonds is 1. The number of hydrogen-bond acceptors (Lipinski definition) is 4. The first-order chi connectivity index (χ1) is 9.19. The first-order valence-corrected chi connectivity index (χ1v) is 5.78. The van der Waals surface area contributed by atoms with Gasteiger partial charge in [-0.3, -0.25) is 9.48 Å². The summed E-state index contributed by atoms with van der Waals surface area (Å²) < 4.78 is 1.64. The van der Waals surface area contributed by atoms with Crippen molar-refractivity contribution in [3.63, 3.8) is 0 Å². The highest BCUT2D eigenvalue weighted by Gasteiger charge is 2.29. The molecule has 2 heterocycles. The summed E-state index contributed by atoms with van der Waals surface area (Å²) in [7, 11) is 1.80. The molecule has 0 saturated heterocycles. The zero-order valence-corrected chi connectivity index (χ0v) is 10.2. The van der Waals surface area contributed by atoms with Crippen LogP contribution in [-0.2, 0) is 11.8 Å². The number of carbonyl (C=O) groups excluding carboxylic acids is 1. The number of benzene rings is 1. The Morgan fingerprint density at radius 2 is 2.32 bits per heavy atom. The number of aromatic nitrogens is 2. The number of carbonyl (C=O) groups is 1. The van der Waals surface area contributed by atoms with E-state index in [4.69, 9.17) is 5.26 Å². The molecule has 1 aromatic heterocycles. The minimum atomic E-state index is -0.491. The Bertz CT molecular complexity index is 697. The number of nitrogens with one attached hydrogen (secondary N) is 2. The van der Waals surface area contributed by atoms with Crippen molar-refractivity contribution in [2.24, 2.45) is 7.05 Å². The summed E-state index contributed by atoms with van der Waals surface area (Å²) in [5, 5.41) is 19.0. The Kier molecular flexibility index (Phi) is 2.46. The van der Waals surface area contributed by atoms with E-state index in [1.807, 2.05) is 6.07 Å². The highest BCUT2D eigenvalue weighted by Crippen LogP contribution is 2.34. The number of amides is 1. The Hall–Kier alpha value is -2.81. The fourth-order valence-electron chi connectivity index (χ4n) is 2.14. The fraction of sp³-hybridized carbons (Fsp3) is 0.154. The maximum atomic E-state index is 12.1. The second kappa shape index (κ2) is 4.14. The molecule has 0 saturated carbocycles. The maximum absolute atomic E-state index is 12.1. The van der Waals surface area contributed by atoms with Crippen LogP contribution in [0.25, 0.3) is 0 Å². The topological polar surface area (TPSA) is 82.7 Å². The predicted octanol–water partition coefficient (Wildman–Crippen LogP) is 1.40. The fourth-order valence-corrected chi connectivity index (χ4v) is 2.14. The molecule has 3 rings (SSSR count). The molecule has 0 fully saturated rings. The van der Waals surface area contributed by atoms with E-state index in [0.717, 1.165) is 11.3 Å². The summed E-state index contributed by atoms with van der Waals surface area (Å²) in [5.74, 6) is -0.191. The Morgan fingerprint density at radius 1 is 1.47 bits per heavy atom. The minimum Gasteiger partial charge on any atom is -0.368 e. The largest absolute Gasteiger partial charge is 0.368 e. The molecule has 1 atom stereocenters. The molecule has 6 nitrogen and oxygen atoms in total. The summed E-state index contributed by atoms with van der Waals surface area (Å²) in [6.45, 7) is 0. The van der Waals surface area contributed by atoms with Crippen LogP contribution >= 0.6 is 0 Å². The minimum absolute atomic E-state index is 0.191. The molecule has 0 aliphatic carbocycles. The van der Waals surface area contributed by atoms with Crippen molar-refractivity contribution in [2.75, 3.05) is 10.6 Å². The number of anilines is 2. The van der Waals surface area contributed by atoms with Crippen LogP contribution in [0.4, 0.5) is 11.4 Å². The van der Waals surface area contributed by atoms with Crippen LogP contribution in [0.2, 0.25) is 0 Å². The van der Waals surface area contributed by atoms with Crippen LogP contribution in [-0.4, -0.2) is 15.7 Å². The molecule has 1 aliphatic rings. The molecule has 0 bridgehead atoms. The van der Waals surface area contributed by atoms with E-state index in [1.165, 1.54) is 0 Å². The van der Waals surface area contributed by atoms with Crippen molar-refractivity contribution in [1.29, 1.82) is 5.26 Å². The second-order valence-corrected chi connectivity index (χ2v) is 4.35. The number of para-hydroxylation sites is 1. The van der Waals surface area contributed by atoms with E-state index < -0.39 is 6.04 Å². The predicted molar refractivity (Wildman–Crippen MR) is 69.4 cm³/mol. The van der Waals surface area contributed by atoms with Gasteiger partial charge in [0.25, 0.3) is 5.91 Å². The number of nitriles is 1.